The summed E-state index contributed by atoms with van der Waals surface area (Å²) in [7, 11) is -3.69. The van der Waals surface area contributed by atoms with Gasteiger partial charge in [0.1, 0.15) is 5.65 Å². The average molecular weight is 334 g/mol. The van der Waals surface area contributed by atoms with Gasteiger partial charge in [-0.3, -0.25) is 4.40 Å². The first-order chi connectivity index (χ1) is 9.45. The van der Waals surface area contributed by atoms with E-state index in [1.165, 1.54) is 4.40 Å². The van der Waals surface area contributed by atoms with Gasteiger partial charge in [0.05, 0.1) is 0 Å². The van der Waals surface area contributed by atoms with Crippen LogP contribution in [0.25, 0.3) is 5.65 Å². The fraction of sp³-hybridized carbons (Fsp3) is 0.417. The molecule has 1 atom stereocenters. The second-order valence-electron chi connectivity index (χ2n) is 4.44. The second kappa shape index (κ2) is 6.34. The Balaban J connectivity index is 2.34. The fourth-order valence-electron chi connectivity index (χ4n) is 1.86. The molecule has 0 spiro atoms. The van der Waals surface area contributed by atoms with Crippen molar-refractivity contribution in [2.24, 2.45) is 0 Å². The predicted molar refractivity (Wildman–Crippen MR) is 83.0 cm³/mol. The molecule has 20 heavy (non-hydrogen) atoms. The highest BCUT2D eigenvalue weighted by Gasteiger charge is 2.25. The number of nitrogens with one attached hydrogen (secondary N) is 1. The van der Waals surface area contributed by atoms with Crippen molar-refractivity contribution in [3.63, 3.8) is 0 Å². The van der Waals surface area contributed by atoms with Crippen LogP contribution in [-0.4, -0.2) is 35.9 Å². The number of aromatic nitrogens is 2. The van der Waals surface area contributed by atoms with Crippen LogP contribution in [0.3, 0.4) is 0 Å². The van der Waals surface area contributed by atoms with Crippen LogP contribution in [0.5, 0.6) is 0 Å². The van der Waals surface area contributed by atoms with Crippen LogP contribution in [0.4, 0.5) is 0 Å². The van der Waals surface area contributed by atoms with E-state index in [4.69, 9.17) is 11.6 Å². The smallest absolute Gasteiger partial charge is 0.260 e. The van der Waals surface area contributed by atoms with Crippen LogP contribution in [-0.2, 0) is 10.0 Å². The maximum absolute atomic E-state index is 12.4. The third-order valence-corrected chi connectivity index (χ3v) is 5.44. The van der Waals surface area contributed by atoms with Crippen molar-refractivity contribution in [1.82, 2.24) is 14.1 Å². The van der Waals surface area contributed by atoms with Crippen LogP contribution >= 0.6 is 23.4 Å². The number of sulfonamides is 1. The molecule has 0 amide bonds. The number of fused-ring (bicyclic) bond motifs is 1. The second-order valence-corrected chi connectivity index (χ2v) is 7.41. The van der Waals surface area contributed by atoms with Crippen molar-refractivity contribution in [2.45, 2.75) is 24.4 Å². The highest BCUT2D eigenvalue weighted by atomic mass is 35.5. The quantitative estimate of drug-likeness (QED) is 0.881. The number of nitrogens with zero attached hydrogens (tertiary/aromatic N) is 2. The lowest BCUT2D eigenvalue weighted by Gasteiger charge is -2.13. The Hall–Kier alpha value is -0.760. The highest BCUT2D eigenvalue weighted by molar-refractivity contribution is 7.98. The average Bonchev–Trinajstić information content (AvgIpc) is 2.72. The number of rotatable bonds is 6. The van der Waals surface area contributed by atoms with E-state index in [-0.39, 0.29) is 16.2 Å². The topological polar surface area (TPSA) is 63.5 Å². The van der Waals surface area contributed by atoms with Gasteiger partial charge >= 0.3 is 0 Å². The molecule has 0 saturated heterocycles. The van der Waals surface area contributed by atoms with Crippen molar-refractivity contribution in [1.29, 1.82) is 0 Å². The SMILES string of the molecule is CSCCC(C)NS(=O)(=O)c1c(Cl)nc2ccccn12. The zero-order valence-corrected chi connectivity index (χ0v) is 13.6. The molecule has 0 radical (unpaired) electrons. The summed E-state index contributed by atoms with van der Waals surface area (Å²) < 4.78 is 29.0. The Bertz CT molecular complexity index is 700. The minimum absolute atomic E-state index is 0.00855. The Morgan fingerprint density at radius 1 is 1.50 bits per heavy atom. The maximum atomic E-state index is 12.4. The van der Waals surface area contributed by atoms with E-state index in [1.54, 1.807) is 36.2 Å². The van der Waals surface area contributed by atoms with E-state index < -0.39 is 10.0 Å². The van der Waals surface area contributed by atoms with Gasteiger partial charge in [-0.1, -0.05) is 17.7 Å². The number of thioether (sulfide) groups is 1. The van der Waals surface area contributed by atoms with E-state index in [0.717, 1.165) is 12.2 Å². The Morgan fingerprint density at radius 2 is 2.25 bits per heavy atom. The molecule has 0 saturated carbocycles. The first-order valence-corrected chi connectivity index (χ1v) is 9.35. The summed E-state index contributed by atoms with van der Waals surface area (Å²) in [5.41, 5.74) is 0.509. The molecular formula is C12H16ClN3O2S2. The summed E-state index contributed by atoms with van der Waals surface area (Å²) in [4.78, 5) is 4.05. The van der Waals surface area contributed by atoms with Gasteiger partial charge in [-0.2, -0.15) is 11.8 Å². The molecule has 0 aliphatic rings. The molecule has 0 fully saturated rings. The monoisotopic (exact) mass is 333 g/mol. The molecule has 0 aromatic carbocycles. The van der Waals surface area contributed by atoms with E-state index in [1.807, 2.05) is 13.2 Å². The molecule has 8 heteroatoms. The van der Waals surface area contributed by atoms with Crippen LogP contribution in [0, 0.1) is 0 Å². The number of hydrogen-bond acceptors (Lipinski definition) is 4. The molecule has 2 rings (SSSR count). The van der Waals surface area contributed by atoms with Crippen molar-refractivity contribution < 1.29 is 8.42 Å². The van der Waals surface area contributed by atoms with Gasteiger partial charge in [0.25, 0.3) is 10.0 Å². The summed E-state index contributed by atoms with van der Waals surface area (Å²) >= 11 is 7.67. The van der Waals surface area contributed by atoms with Crippen LogP contribution in [0.2, 0.25) is 5.15 Å². The standard InChI is InChI=1S/C12H16ClN3O2S2/c1-9(6-8-19-2)15-20(17,18)12-11(13)14-10-5-3-4-7-16(10)12/h3-5,7,9,15H,6,8H2,1-2H3. The zero-order chi connectivity index (χ0) is 14.8. The number of pyridine rings is 1. The van der Waals surface area contributed by atoms with Gasteiger partial charge in [0.2, 0.25) is 0 Å². The summed E-state index contributed by atoms with van der Waals surface area (Å²) in [6, 6.07) is 5.07. The molecule has 2 heterocycles. The minimum atomic E-state index is -3.69. The van der Waals surface area contributed by atoms with Gasteiger partial charge in [0.15, 0.2) is 10.2 Å². The molecule has 0 bridgehead atoms. The molecule has 5 nitrogen and oxygen atoms in total. The van der Waals surface area contributed by atoms with Crippen LogP contribution in [0.1, 0.15) is 13.3 Å². The largest absolute Gasteiger partial charge is 0.288 e. The van der Waals surface area contributed by atoms with E-state index in [2.05, 4.69) is 9.71 Å². The zero-order valence-electron chi connectivity index (χ0n) is 11.2. The molecule has 1 N–H and O–H groups in total. The van der Waals surface area contributed by atoms with Gasteiger partial charge in [-0.15, -0.1) is 0 Å². The van der Waals surface area contributed by atoms with Crippen molar-refractivity contribution in [3.05, 3.63) is 29.5 Å². The minimum Gasteiger partial charge on any atom is -0.288 e. The number of hydrogen-bond donors (Lipinski definition) is 1. The first-order valence-electron chi connectivity index (χ1n) is 6.09. The molecule has 2 aromatic heterocycles. The Labute approximate surface area is 127 Å². The van der Waals surface area contributed by atoms with Gasteiger partial charge in [-0.05, 0) is 37.5 Å². The molecule has 0 aliphatic carbocycles. The van der Waals surface area contributed by atoms with Gasteiger partial charge in [0, 0.05) is 12.2 Å². The summed E-state index contributed by atoms with van der Waals surface area (Å²) in [6.45, 7) is 1.84. The Morgan fingerprint density at radius 3 is 2.95 bits per heavy atom. The summed E-state index contributed by atoms with van der Waals surface area (Å²) in [6.07, 6.45) is 4.38. The lowest BCUT2D eigenvalue weighted by atomic mass is 10.3. The molecule has 2 aromatic rings. The summed E-state index contributed by atoms with van der Waals surface area (Å²) in [5, 5.41) is -0.0217. The van der Waals surface area contributed by atoms with E-state index in [0.29, 0.717) is 5.65 Å². The van der Waals surface area contributed by atoms with Crippen LogP contribution < -0.4 is 4.72 Å². The third kappa shape index (κ3) is 3.28. The predicted octanol–water partition coefficient (Wildman–Crippen LogP) is 2.41. The molecular weight excluding hydrogens is 318 g/mol. The van der Waals surface area contributed by atoms with Crippen molar-refractivity contribution in [3.8, 4) is 0 Å². The van der Waals surface area contributed by atoms with Gasteiger partial charge < -0.3 is 0 Å². The van der Waals surface area contributed by atoms with Crippen molar-refractivity contribution in [2.75, 3.05) is 12.0 Å². The van der Waals surface area contributed by atoms with Crippen molar-refractivity contribution >= 4 is 39.0 Å². The molecule has 0 aliphatic heterocycles. The molecule has 1 unspecified atom stereocenters. The first kappa shape index (κ1) is 15.6. The molecule has 110 valence electrons. The Kier molecular flexibility index (Phi) is 4.95. The fourth-order valence-corrected chi connectivity index (χ4v) is 4.37. The van der Waals surface area contributed by atoms with E-state index in [9.17, 15) is 8.42 Å². The van der Waals surface area contributed by atoms with E-state index >= 15 is 0 Å². The van der Waals surface area contributed by atoms with Crippen LogP contribution in [0.15, 0.2) is 29.4 Å². The number of halogens is 1. The lowest BCUT2D eigenvalue weighted by Crippen LogP contribution is -2.33. The normalized spacial score (nSPS) is 13.8. The highest BCUT2D eigenvalue weighted by Crippen LogP contribution is 2.22. The third-order valence-electron chi connectivity index (χ3n) is 2.81. The maximum Gasteiger partial charge on any atom is 0.260 e. The summed E-state index contributed by atoms with van der Waals surface area (Å²) in [5.74, 6) is 0.893. The lowest BCUT2D eigenvalue weighted by molar-refractivity contribution is 0.552. The van der Waals surface area contributed by atoms with Gasteiger partial charge in [-0.25, -0.2) is 18.1 Å². The number of imidazole rings is 1.